The van der Waals surface area contributed by atoms with E-state index in [2.05, 4.69) is 18.2 Å². The predicted molar refractivity (Wildman–Crippen MR) is 66.8 cm³/mol. The maximum Gasteiger partial charge on any atom is 0.241 e. The van der Waals surface area contributed by atoms with Crippen LogP contribution in [0, 0.1) is 0 Å². The van der Waals surface area contributed by atoms with Gasteiger partial charge in [-0.25, -0.2) is 0 Å². The highest BCUT2D eigenvalue weighted by Gasteiger charge is 1.99. The molecule has 0 bridgehead atoms. The Hall–Kier alpha value is -2.09. The van der Waals surface area contributed by atoms with E-state index in [0.717, 1.165) is 16.5 Å². The van der Waals surface area contributed by atoms with Crippen molar-refractivity contribution in [2.75, 3.05) is 0 Å². The van der Waals surface area contributed by atoms with Crippen LogP contribution in [0.15, 0.2) is 48.5 Å². The Balaban J connectivity index is 2.51. The number of rotatable bonds is 2. The molecule has 0 fully saturated rings. The van der Waals surface area contributed by atoms with E-state index in [-0.39, 0.29) is 0 Å². The van der Waals surface area contributed by atoms with Gasteiger partial charge in [-0.15, -0.1) is 0 Å². The lowest BCUT2D eigenvalue weighted by Crippen LogP contribution is -2.06. The number of fused-ring (bicyclic) bond motifs is 1. The van der Waals surface area contributed by atoms with Gasteiger partial charge in [0, 0.05) is 6.08 Å². The number of hydrogen-bond acceptors (Lipinski definition) is 1. The Morgan fingerprint density at radius 1 is 1.12 bits per heavy atom. The van der Waals surface area contributed by atoms with Crippen molar-refractivity contribution in [2.24, 2.45) is 5.73 Å². The third kappa shape index (κ3) is 2.11. The summed E-state index contributed by atoms with van der Waals surface area (Å²) in [6, 6.07) is 14.2. The van der Waals surface area contributed by atoms with Gasteiger partial charge < -0.3 is 5.73 Å². The lowest BCUT2D eigenvalue weighted by molar-refractivity contribution is -0.113. The zero-order valence-electron chi connectivity index (χ0n) is 9.10. The van der Waals surface area contributed by atoms with Gasteiger partial charge in [0.15, 0.2) is 0 Å². The molecular weight excluding hydrogens is 198 g/mol. The first-order valence-corrected chi connectivity index (χ1v) is 5.14. The summed E-state index contributed by atoms with van der Waals surface area (Å²) < 4.78 is 0. The molecule has 2 aromatic carbocycles. The van der Waals surface area contributed by atoms with Crippen LogP contribution in [0.4, 0.5) is 0 Å². The fourth-order valence-corrected chi connectivity index (χ4v) is 1.73. The van der Waals surface area contributed by atoms with E-state index in [4.69, 9.17) is 5.73 Å². The maximum atomic E-state index is 10.8. The summed E-state index contributed by atoms with van der Waals surface area (Å²) >= 11 is 0. The van der Waals surface area contributed by atoms with Gasteiger partial charge in [-0.2, -0.15) is 0 Å². The molecule has 0 aromatic heterocycles. The van der Waals surface area contributed by atoms with E-state index in [1.807, 2.05) is 31.2 Å². The van der Waals surface area contributed by atoms with Crippen LogP contribution in [0.25, 0.3) is 16.3 Å². The van der Waals surface area contributed by atoms with Crippen molar-refractivity contribution in [3.8, 4) is 0 Å². The van der Waals surface area contributed by atoms with Crippen LogP contribution < -0.4 is 5.73 Å². The van der Waals surface area contributed by atoms with E-state index in [9.17, 15) is 4.79 Å². The molecule has 2 nitrogen and oxygen atoms in total. The first-order chi connectivity index (χ1) is 7.66. The summed E-state index contributed by atoms with van der Waals surface area (Å²) in [5.74, 6) is -0.411. The Kier molecular flexibility index (Phi) is 2.73. The summed E-state index contributed by atoms with van der Waals surface area (Å²) in [7, 11) is 0. The lowest BCUT2D eigenvalue weighted by atomic mass is 10.0. The average Bonchev–Trinajstić information content (AvgIpc) is 2.27. The molecule has 2 N–H and O–H groups in total. The standard InChI is InChI=1S/C14H13NO/c1-10(8-14(15)16)12-7-6-11-4-2-3-5-13(11)9-12/h2-9H,1H3,(H2,15,16). The number of carbonyl (C=O) groups is 1. The minimum atomic E-state index is -0.411. The molecule has 0 aliphatic rings. The average molecular weight is 211 g/mol. The number of benzene rings is 2. The Labute approximate surface area is 94.4 Å². The molecule has 16 heavy (non-hydrogen) atoms. The lowest BCUT2D eigenvalue weighted by Gasteiger charge is -2.03. The highest BCUT2D eigenvalue weighted by atomic mass is 16.1. The monoisotopic (exact) mass is 211 g/mol. The number of carbonyl (C=O) groups excluding carboxylic acids is 1. The Bertz CT molecular complexity index is 570. The Morgan fingerprint density at radius 2 is 1.81 bits per heavy atom. The summed E-state index contributed by atoms with van der Waals surface area (Å²) in [5, 5.41) is 2.36. The quantitative estimate of drug-likeness (QED) is 0.762. The molecule has 0 aliphatic carbocycles. The molecule has 0 atom stereocenters. The molecule has 2 rings (SSSR count). The minimum absolute atomic E-state index is 0.411. The molecule has 0 radical (unpaired) electrons. The van der Waals surface area contributed by atoms with Crippen molar-refractivity contribution >= 4 is 22.3 Å². The van der Waals surface area contributed by atoms with E-state index in [1.165, 1.54) is 11.5 Å². The second-order valence-corrected chi connectivity index (χ2v) is 3.79. The van der Waals surface area contributed by atoms with Gasteiger partial charge in [0.05, 0.1) is 0 Å². The minimum Gasteiger partial charge on any atom is -0.366 e. The highest BCUT2D eigenvalue weighted by molar-refractivity contribution is 5.95. The van der Waals surface area contributed by atoms with Crippen LogP contribution in [-0.4, -0.2) is 5.91 Å². The molecule has 2 heteroatoms. The summed E-state index contributed by atoms with van der Waals surface area (Å²) in [6.45, 7) is 1.88. The van der Waals surface area contributed by atoms with Gasteiger partial charge in [0.25, 0.3) is 0 Å². The molecule has 0 aliphatic heterocycles. The van der Waals surface area contributed by atoms with Gasteiger partial charge in [-0.05, 0) is 34.9 Å². The molecule has 80 valence electrons. The number of primary amides is 1. The van der Waals surface area contributed by atoms with Crippen molar-refractivity contribution in [2.45, 2.75) is 6.92 Å². The van der Waals surface area contributed by atoms with Crippen LogP contribution in [0.1, 0.15) is 12.5 Å². The zero-order chi connectivity index (χ0) is 11.5. The SMILES string of the molecule is CC(=CC(N)=O)c1ccc2ccccc2c1. The third-order valence-electron chi connectivity index (χ3n) is 2.56. The predicted octanol–water partition coefficient (Wildman–Crippen LogP) is 2.73. The van der Waals surface area contributed by atoms with Crippen LogP contribution >= 0.6 is 0 Å². The molecule has 0 saturated heterocycles. The fourth-order valence-electron chi connectivity index (χ4n) is 1.73. The first kappa shape index (κ1) is 10.4. The summed E-state index contributed by atoms with van der Waals surface area (Å²) in [5.41, 5.74) is 7.04. The zero-order valence-corrected chi connectivity index (χ0v) is 9.10. The van der Waals surface area contributed by atoms with Gasteiger partial charge in [0.1, 0.15) is 0 Å². The van der Waals surface area contributed by atoms with E-state index in [0.29, 0.717) is 0 Å². The normalized spacial score (nSPS) is 11.7. The van der Waals surface area contributed by atoms with E-state index < -0.39 is 5.91 Å². The van der Waals surface area contributed by atoms with Crippen molar-refractivity contribution in [1.29, 1.82) is 0 Å². The van der Waals surface area contributed by atoms with Gasteiger partial charge >= 0.3 is 0 Å². The van der Waals surface area contributed by atoms with Crippen molar-refractivity contribution in [3.63, 3.8) is 0 Å². The molecule has 0 saturated carbocycles. The number of allylic oxidation sites excluding steroid dienone is 1. The second kappa shape index (κ2) is 4.19. The van der Waals surface area contributed by atoms with Gasteiger partial charge in [-0.1, -0.05) is 36.4 Å². The van der Waals surface area contributed by atoms with Crippen molar-refractivity contribution in [1.82, 2.24) is 0 Å². The summed E-state index contributed by atoms with van der Waals surface area (Å²) in [6.07, 6.45) is 1.45. The van der Waals surface area contributed by atoms with E-state index >= 15 is 0 Å². The molecule has 2 aromatic rings. The number of amides is 1. The fraction of sp³-hybridized carbons (Fsp3) is 0.0714. The largest absolute Gasteiger partial charge is 0.366 e. The highest BCUT2D eigenvalue weighted by Crippen LogP contribution is 2.20. The maximum absolute atomic E-state index is 10.8. The van der Waals surface area contributed by atoms with Crippen LogP contribution in [0.3, 0.4) is 0 Å². The number of nitrogens with two attached hydrogens (primary N) is 1. The van der Waals surface area contributed by atoms with Crippen LogP contribution in [0.5, 0.6) is 0 Å². The Morgan fingerprint density at radius 3 is 2.50 bits per heavy atom. The third-order valence-corrected chi connectivity index (χ3v) is 2.56. The molecular formula is C14H13NO. The molecule has 1 amide bonds. The molecule has 0 unspecified atom stereocenters. The van der Waals surface area contributed by atoms with Crippen LogP contribution in [0.2, 0.25) is 0 Å². The van der Waals surface area contributed by atoms with E-state index in [1.54, 1.807) is 0 Å². The summed E-state index contributed by atoms with van der Waals surface area (Å²) in [4.78, 5) is 10.8. The van der Waals surface area contributed by atoms with Gasteiger partial charge in [0.2, 0.25) is 5.91 Å². The van der Waals surface area contributed by atoms with Crippen molar-refractivity contribution < 1.29 is 4.79 Å². The first-order valence-electron chi connectivity index (χ1n) is 5.14. The topological polar surface area (TPSA) is 43.1 Å². The smallest absolute Gasteiger partial charge is 0.241 e. The second-order valence-electron chi connectivity index (χ2n) is 3.79. The van der Waals surface area contributed by atoms with Crippen molar-refractivity contribution in [3.05, 3.63) is 54.1 Å². The number of hydrogen-bond donors (Lipinski definition) is 1. The van der Waals surface area contributed by atoms with Crippen LogP contribution in [-0.2, 0) is 4.79 Å². The molecule has 0 heterocycles. The van der Waals surface area contributed by atoms with Gasteiger partial charge in [-0.3, -0.25) is 4.79 Å². The molecule has 0 spiro atoms.